The van der Waals surface area contributed by atoms with Crippen LogP contribution in [0.5, 0.6) is 0 Å². The Morgan fingerprint density at radius 1 is 1.57 bits per heavy atom. The molecule has 0 spiro atoms. The number of carboxylic acid groups (broad SMARTS) is 1. The fourth-order valence-electron chi connectivity index (χ4n) is 1.96. The average Bonchev–Trinajstić information content (AvgIpc) is 2.16. The molecule has 1 heterocycles. The summed E-state index contributed by atoms with van der Waals surface area (Å²) in [6.07, 6.45) is 0. The topological polar surface area (TPSA) is 52.6 Å². The van der Waals surface area contributed by atoms with E-state index in [1.807, 2.05) is 6.92 Å². The minimum absolute atomic E-state index is 0.115. The molecule has 82 valence electrons. The molecule has 3 atom stereocenters. The fraction of sp³-hybridized carbons (Fsp3) is 0.900. The average molecular weight is 200 g/mol. The number of piperazine rings is 1. The Morgan fingerprint density at radius 3 is 2.71 bits per heavy atom. The van der Waals surface area contributed by atoms with Crippen molar-refractivity contribution >= 4 is 5.97 Å². The molecule has 1 aliphatic rings. The standard InChI is InChI=1S/C10H20N2O2/c1-7-6-11-4-5-12(7)9(3)8(2)10(13)14/h7-9,11H,4-6H2,1-3H3,(H,13,14)/t7-,8?,9?/m1/s1. The van der Waals surface area contributed by atoms with Gasteiger partial charge < -0.3 is 10.4 Å². The zero-order chi connectivity index (χ0) is 10.7. The molecule has 0 aromatic heterocycles. The van der Waals surface area contributed by atoms with Crippen molar-refractivity contribution < 1.29 is 9.90 Å². The Bertz CT molecular complexity index is 208. The first-order valence-electron chi connectivity index (χ1n) is 5.23. The van der Waals surface area contributed by atoms with Crippen molar-refractivity contribution in [2.75, 3.05) is 19.6 Å². The summed E-state index contributed by atoms with van der Waals surface area (Å²) in [4.78, 5) is 13.1. The largest absolute Gasteiger partial charge is 0.481 e. The molecule has 0 saturated carbocycles. The molecule has 1 fully saturated rings. The molecule has 4 nitrogen and oxygen atoms in total. The number of rotatable bonds is 3. The lowest BCUT2D eigenvalue weighted by Crippen LogP contribution is -2.55. The maximum absolute atomic E-state index is 10.8. The number of carbonyl (C=O) groups is 1. The van der Waals surface area contributed by atoms with E-state index in [9.17, 15) is 4.79 Å². The SMILES string of the molecule is CC(C(=O)O)C(C)N1CCNC[C@H]1C. The van der Waals surface area contributed by atoms with Crippen molar-refractivity contribution in [1.29, 1.82) is 0 Å². The van der Waals surface area contributed by atoms with Crippen LogP contribution in [0.1, 0.15) is 20.8 Å². The van der Waals surface area contributed by atoms with E-state index in [0.29, 0.717) is 6.04 Å². The first-order chi connectivity index (χ1) is 6.54. The molecule has 0 aromatic carbocycles. The third kappa shape index (κ3) is 2.45. The first-order valence-corrected chi connectivity index (χ1v) is 5.23. The van der Waals surface area contributed by atoms with Crippen molar-refractivity contribution in [2.24, 2.45) is 5.92 Å². The first kappa shape index (κ1) is 11.5. The normalized spacial score (nSPS) is 28.4. The lowest BCUT2D eigenvalue weighted by atomic mass is 10.00. The summed E-state index contributed by atoms with van der Waals surface area (Å²) in [5.74, 6) is -1.00. The van der Waals surface area contributed by atoms with E-state index in [1.54, 1.807) is 6.92 Å². The van der Waals surface area contributed by atoms with Gasteiger partial charge in [-0.15, -0.1) is 0 Å². The van der Waals surface area contributed by atoms with Crippen LogP contribution in [-0.4, -0.2) is 47.7 Å². The van der Waals surface area contributed by atoms with Crippen LogP contribution in [0.2, 0.25) is 0 Å². The quantitative estimate of drug-likeness (QED) is 0.692. The smallest absolute Gasteiger partial charge is 0.307 e. The second kappa shape index (κ2) is 4.75. The van der Waals surface area contributed by atoms with Gasteiger partial charge in [-0.1, -0.05) is 6.92 Å². The predicted octanol–water partition coefficient (Wildman–Crippen LogP) is 0.389. The molecule has 2 unspecified atom stereocenters. The summed E-state index contributed by atoms with van der Waals surface area (Å²) in [5, 5.41) is 12.2. The third-order valence-electron chi connectivity index (χ3n) is 3.19. The fourth-order valence-corrected chi connectivity index (χ4v) is 1.96. The molecule has 1 rings (SSSR count). The number of nitrogens with one attached hydrogen (secondary N) is 1. The number of aliphatic carboxylic acids is 1. The van der Waals surface area contributed by atoms with Gasteiger partial charge in [-0.05, 0) is 13.8 Å². The lowest BCUT2D eigenvalue weighted by Gasteiger charge is -2.39. The predicted molar refractivity (Wildman–Crippen MR) is 55.3 cm³/mol. The van der Waals surface area contributed by atoms with Gasteiger partial charge in [0.15, 0.2) is 0 Å². The van der Waals surface area contributed by atoms with Crippen LogP contribution >= 0.6 is 0 Å². The van der Waals surface area contributed by atoms with Crippen LogP contribution in [0, 0.1) is 5.92 Å². The molecule has 0 amide bonds. The summed E-state index contributed by atoms with van der Waals surface area (Å²) in [6.45, 7) is 8.78. The Labute approximate surface area is 85.3 Å². The van der Waals surface area contributed by atoms with Gasteiger partial charge in [0.1, 0.15) is 0 Å². The van der Waals surface area contributed by atoms with Crippen molar-refractivity contribution in [3.8, 4) is 0 Å². The van der Waals surface area contributed by atoms with Crippen LogP contribution in [0.25, 0.3) is 0 Å². The zero-order valence-corrected chi connectivity index (χ0v) is 9.16. The number of hydrogen-bond donors (Lipinski definition) is 2. The van der Waals surface area contributed by atoms with Gasteiger partial charge in [-0.25, -0.2) is 0 Å². The van der Waals surface area contributed by atoms with E-state index in [4.69, 9.17) is 5.11 Å². The van der Waals surface area contributed by atoms with Crippen LogP contribution in [0.3, 0.4) is 0 Å². The van der Waals surface area contributed by atoms with E-state index in [1.165, 1.54) is 0 Å². The van der Waals surface area contributed by atoms with E-state index in [-0.39, 0.29) is 12.0 Å². The van der Waals surface area contributed by atoms with Gasteiger partial charge in [-0.2, -0.15) is 0 Å². The van der Waals surface area contributed by atoms with Crippen molar-refractivity contribution in [3.63, 3.8) is 0 Å². The summed E-state index contributed by atoms with van der Waals surface area (Å²) in [7, 11) is 0. The Kier molecular flexibility index (Phi) is 3.89. The van der Waals surface area contributed by atoms with Crippen LogP contribution in [0.4, 0.5) is 0 Å². The summed E-state index contributed by atoms with van der Waals surface area (Å²) in [6, 6.07) is 0.546. The molecule has 1 aliphatic heterocycles. The van der Waals surface area contributed by atoms with E-state index in [0.717, 1.165) is 19.6 Å². The Balaban J connectivity index is 2.57. The maximum Gasteiger partial charge on any atom is 0.307 e. The number of nitrogens with zero attached hydrogens (tertiary/aromatic N) is 1. The zero-order valence-electron chi connectivity index (χ0n) is 9.16. The third-order valence-corrected chi connectivity index (χ3v) is 3.19. The van der Waals surface area contributed by atoms with Gasteiger partial charge in [0.05, 0.1) is 5.92 Å². The Morgan fingerprint density at radius 2 is 2.21 bits per heavy atom. The molecule has 0 radical (unpaired) electrons. The van der Waals surface area contributed by atoms with Gasteiger partial charge in [0.25, 0.3) is 0 Å². The molecule has 2 N–H and O–H groups in total. The highest BCUT2D eigenvalue weighted by molar-refractivity contribution is 5.70. The van der Waals surface area contributed by atoms with Gasteiger partial charge in [0, 0.05) is 31.7 Å². The number of hydrogen-bond acceptors (Lipinski definition) is 3. The highest BCUT2D eigenvalue weighted by Crippen LogP contribution is 2.15. The monoisotopic (exact) mass is 200 g/mol. The summed E-state index contributed by atoms with van der Waals surface area (Å²) < 4.78 is 0. The lowest BCUT2D eigenvalue weighted by molar-refractivity contribution is -0.143. The van der Waals surface area contributed by atoms with Crippen LogP contribution < -0.4 is 5.32 Å². The summed E-state index contributed by atoms with van der Waals surface area (Å²) in [5.41, 5.74) is 0. The second-order valence-electron chi connectivity index (χ2n) is 4.16. The maximum atomic E-state index is 10.8. The summed E-state index contributed by atoms with van der Waals surface area (Å²) >= 11 is 0. The van der Waals surface area contributed by atoms with E-state index in [2.05, 4.69) is 17.1 Å². The van der Waals surface area contributed by atoms with Crippen molar-refractivity contribution in [2.45, 2.75) is 32.9 Å². The van der Waals surface area contributed by atoms with E-state index < -0.39 is 5.97 Å². The van der Waals surface area contributed by atoms with Gasteiger partial charge in [-0.3, -0.25) is 9.69 Å². The molecule has 14 heavy (non-hydrogen) atoms. The highest BCUT2D eigenvalue weighted by Gasteiger charge is 2.29. The highest BCUT2D eigenvalue weighted by atomic mass is 16.4. The molecule has 0 aliphatic carbocycles. The Hall–Kier alpha value is -0.610. The minimum atomic E-state index is -0.705. The van der Waals surface area contributed by atoms with Crippen molar-refractivity contribution in [3.05, 3.63) is 0 Å². The molecular weight excluding hydrogens is 180 g/mol. The number of carboxylic acids is 1. The van der Waals surface area contributed by atoms with E-state index >= 15 is 0 Å². The van der Waals surface area contributed by atoms with Crippen LogP contribution in [-0.2, 0) is 4.79 Å². The van der Waals surface area contributed by atoms with Gasteiger partial charge >= 0.3 is 5.97 Å². The van der Waals surface area contributed by atoms with Gasteiger partial charge in [0.2, 0.25) is 0 Å². The van der Waals surface area contributed by atoms with Crippen molar-refractivity contribution in [1.82, 2.24) is 10.2 Å². The molecule has 0 bridgehead atoms. The second-order valence-corrected chi connectivity index (χ2v) is 4.16. The van der Waals surface area contributed by atoms with Crippen LogP contribution in [0.15, 0.2) is 0 Å². The minimum Gasteiger partial charge on any atom is -0.481 e. The molecule has 4 heteroatoms. The molecule has 1 saturated heterocycles. The molecule has 0 aromatic rings. The molecular formula is C10H20N2O2.